The maximum atomic E-state index is 13.0. The molecular formula is C20H30O8. The average molecular weight is 398 g/mol. The van der Waals surface area contributed by atoms with E-state index >= 15 is 0 Å². The summed E-state index contributed by atoms with van der Waals surface area (Å²) in [6.45, 7) is 4.83. The topological polar surface area (TPSA) is 137 Å². The van der Waals surface area contributed by atoms with E-state index in [-0.39, 0.29) is 11.7 Å². The molecule has 5 N–H and O–H groups in total. The number of Topliss-reactive ketones (excluding diaryl/α,β-unsaturated/α-hetero) is 1. The van der Waals surface area contributed by atoms with Crippen LogP contribution in [0, 0.1) is 17.3 Å². The second-order valence-electron chi connectivity index (χ2n) is 9.27. The Balaban J connectivity index is 1.73. The van der Waals surface area contributed by atoms with Gasteiger partial charge in [0.15, 0.2) is 6.29 Å². The van der Waals surface area contributed by atoms with Crippen molar-refractivity contribution in [1.29, 1.82) is 0 Å². The molecule has 3 aliphatic carbocycles. The Morgan fingerprint density at radius 3 is 2.43 bits per heavy atom. The van der Waals surface area contributed by atoms with E-state index in [2.05, 4.69) is 0 Å². The maximum Gasteiger partial charge on any atom is 0.187 e. The molecule has 8 heteroatoms. The Kier molecular flexibility index (Phi) is 4.60. The standard InChI is InChI=1S/C20H30O8/c1-9-6-20(28-17-15(25)14(24)13(23)11(8-21)27-17)7-10(2)19(4-5-19)18(3,26)16(20)12(9)22/h7,9,11,13-17,21,23-26H,4-6,8H2,1-3H3/t9?,11-,13-,14+,15-,16?,17+,18+,20-/m1/s1. The van der Waals surface area contributed by atoms with Gasteiger partial charge < -0.3 is 35.0 Å². The summed E-state index contributed by atoms with van der Waals surface area (Å²) in [6.07, 6.45) is -3.27. The summed E-state index contributed by atoms with van der Waals surface area (Å²) in [5.41, 5.74) is -1.98. The molecule has 158 valence electrons. The Bertz CT molecular complexity index is 696. The molecule has 9 atom stereocenters. The normalized spacial score (nSPS) is 52.5. The highest BCUT2D eigenvalue weighted by Crippen LogP contribution is 2.68. The van der Waals surface area contributed by atoms with Crippen molar-refractivity contribution >= 4 is 5.78 Å². The Hall–Kier alpha value is -0.870. The van der Waals surface area contributed by atoms with Gasteiger partial charge in [-0.15, -0.1) is 0 Å². The first-order valence-corrected chi connectivity index (χ1v) is 9.95. The molecule has 1 heterocycles. The zero-order valence-electron chi connectivity index (χ0n) is 16.4. The van der Waals surface area contributed by atoms with Crippen LogP contribution in [-0.4, -0.2) is 79.8 Å². The monoisotopic (exact) mass is 398 g/mol. The minimum absolute atomic E-state index is 0.0929. The first-order chi connectivity index (χ1) is 13.0. The van der Waals surface area contributed by atoms with Crippen molar-refractivity contribution < 1.29 is 39.8 Å². The number of aliphatic hydroxyl groups excluding tert-OH is 4. The van der Waals surface area contributed by atoms with Gasteiger partial charge in [-0.1, -0.05) is 18.6 Å². The largest absolute Gasteiger partial charge is 0.394 e. The van der Waals surface area contributed by atoms with Crippen molar-refractivity contribution in [2.24, 2.45) is 17.3 Å². The molecule has 28 heavy (non-hydrogen) atoms. The fraction of sp³-hybridized carbons (Fsp3) is 0.850. The quantitative estimate of drug-likeness (QED) is 0.392. The van der Waals surface area contributed by atoms with Gasteiger partial charge >= 0.3 is 0 Å². The van der Waals surface area contributed by atoms with Crippen LogP contribution >= 0.6 is 0 Å². The van der Waals surface area contributed by atoms with Gasteiger partial charge in [0.2, 0.25) is 0 Å². The zero-order chi connectivity index (χ0) is 20.6. The SMILES string of the molecule is CC1=C[C@]2(O[C@@H]3O[C@H](CO)[C@@H](O)[C@H](O)[C@H]3O)CC(C)C(=O)C2[C@](C)(O)C12CC2. The fourth-order valence-corrected chi connectivity index (χ4v) is 5.85. The smallest absolute Gasteiger partial charge is 0.187 e. The van der Waals surface area contributed by atoms with Gasteiger partial charge in [0.25, 0.3) is 0 Å². The number of ketones is 1. The highest BCUT2D eigenvalue weighted by molar-refractivity contribution is 5.89. The molecule has 2 saturated carbocycles. The molecule has 0 amide bonds. The van der Waals surface area contributed by atoms with E-state index in [0.29, 0.717) is 6.42 Å². The Morgan fingerprint density at radius 2 is 1.86 bits per heavy atom. The summed E-state index contributed by atoms with van der Waals surface area (Å²) in [6, 6.07) is 0. The Labute approximate surface area is 163 Å². The molecule has 8 nitrogen and oxygen atoms in total. The van der Waals surface area contributed by atoms with Crippen molar-refractivity contribution in [3.05, 3.63) is 11.6 Å². The van der Waals surface area contributed by atoms with Crippen molar-refractivity contribution in [3.8, 4) is 0 Å². The van der Waals surface area contributed by atoms with E-state index in [1.54, 1.807) is 13.8 Å². The van der Waals surface area contributed by atoms with E-state index in [0.717, 1.165) is 18.4 Å². The minimum Gasteiger partial charge on any atom is -0.394 e. The summed E-state index contributed by atoms with van der Waals surface area (Å²) in [5, 5.41) is 51.4. The third-order valence-electron chi connectivity index (χ3n) is 7.56. The summed E-state index contributed by atoms with van der Waals surface area (Å²) in [7, 11) is 0. The lowest BCUT2D eigenvalue weighted by Crippen LogP contribution is -2.64. The van der Waals surface area contributed by atoms with Gasteiger partial charge in [0.05, 0.1) is 18.1 Å². The number of carbonyl (C=O) groups excluding carboxylic acids is 1. The summed E-state index contributed by atoms with van der Waals surface area (Å²) in [5.74, 6) is -1.27. The van der Waals surface area contributed by atoms with Gasteiger partial charge in [-0.25, -0.2) is 0 Å². The van der Waals surface area contributed by atoms with Crippen LogP contribution in [0.5, 0.6) is 0 Å². The van der Waals surface area contributed by atoms with Crippen LogP contribution in [0.2, 0.25) is 0 Å². The van der Waals surface area contributed by atoms with Crippen molar-refractivity contribution in [3.63, 3.8) is 0 Å². The van der Waals surface area contributed by atoms with Crippen molar-refractivity contribution in [1.82, 2.24) is 0 Å². The maximum absolute atomic E-state index is 13.0. The molecule has 2 unspecified atom stereocenters. The third kappa shape index (κ3) is 2.52. The molecule has 0 bridgehead atoms. The number of aliphatic hydroxyl groups is 5. The molecule has 0 radical (unpaired) electrons. The van der Waals surface area contributed by atoms with Crippen LogP contribution < -0.4 is 0 Å². The van der Waals surface area contributed by atoms with Gasteiger partial charge in [0, 0.05) is 11.3 Å². The van der Waals surface area contributed by atoms with Crippen LogP contribution in [0.3, 0.4) is 0 Å². The van der Waals surface area contributed by atoms with E-state index in [4.69, 9.17) is 9.47 Å². The second kappa shape index (κ2) is 6.31. The highest BCUT2D eigenvalue weighted by atomic mass is 16.7. The van der Waals surface area contributed by atoms with Gasteiger partial charge in [-0.05, 0) is 33.1 Å². The van der Waals surface area contributed by atoms with Gasteiger partial charge in [0.1, 0.15) is 35.8 Å². The molecule has 0 aromatic rings. The van der Waals surface area contributed by atoms with Gasteiger partial charge in [-0.2, -0.15) is 0 Å². The molecule has 4 aliphatic rings. The van der Waals surface area contributed by atoms with Crippen LogP contribution in [0.4, 0.5) is 0 Å². The van der Waals surface area contributed by atoms with Crippen LogP contribution in [0.25, 0.3) is 0 Å². The molecule has 0 aromatic carbocycles. The predicted octanol–water partition coefficient (Wildman–Crippen LogP) is -0.742. The number of rotatable bonds is 3. The van der Waals surface area contributed by atoms with E-state index in [1.165, 1.54) is 0 Å². The van der Waals surface area contributed by atoms with E-state index in [1.807, 2.05) is 13.0 Å². The lowest BCUT2D eigenvalue weighted by atomic mass is 9.61. The Morgan fingerprint density at radius 1 is 1.21 bits per heavy atom. The lowest BCUT2D eigenvalue weighted by molar-refractivity contribution is -0.330. The number of fused-ring (bicyclic) bond motifs is 1. The van der Waals surface area contributed by atoms with E-state index in [9.17, 15) is 30.3 Å². The summed E-state index contributed by atoms with van der Waals surface area (Å²) in [4.78, 5) is 13.0. The van der Waals surface area contributed by atoms with Gasteiger partial charge in [-0.3, -0.25) is 4.79 Å². The molecule has 0 aromatic heterocycles. The number of carbonyl (C=O) groups is 1. The fourth-order valence-electron chi connectivity index (χ4n) is 5.85. The number of ether oxygens (including phenoxy) is 2. The molecule has 3 fully saturated rings. The molecular weight excluding hydrogens is 368 g/mol. The molecule has 1 saturated heterocycles. The summed E-state index contributed by atoms with van der Waals surface area (Å²) < 4.78 is 11.7. The summed E-state index contributed by atoms with van der Waals surface area (Å²) >= 11 is 0. The lowest BCUT2D eigenvalue weighted by Gasteiger charge is -2.52. The van der Waals surface area contributed by atoms with Crippen molar-refractivity contribution in [2.75, 3.05) is 6.61 Å². The highest BCUT2D eigenvalue weighted by Gasteiger charge is 2.72. The molecule has 1 aliphatic heterocycles. The zero-order valence-corrected chi connectivity index (χ0v) is 16.4. The predicted molar refractivity (Wildman–Crippen MR) is 95.9 cm³/mol. The van der Waals surface area contributed by atoms with Crippen molar-refractivity contribution in [2.45, 2.75) is 81.9 Å². The minimum atomic E-state index is -1.57. The third-order valence-corrected chi connectivity index (χ3v) is 7.56. The second-order valence-corrected chi connectivity index (χ2v) is 9.27. The average Bonchev–Trinajstić information content (AvgIpc) is 3.39. The number of hydrogen-bond acceptors (Lipinski definition) is 8. The van der Waals surface area contributed by atoms with Crippen LogP contribution in [0.15, 0.2) is 11.6 Å². The van der Waals surface area contributed by atoms with Crippen LogP contribution in [0.1, 0.15) is 40.0 Å². The first-order valence-electron chi connectivity index (χ1n) is 9.95. The van der Waals surface area contributed by atoms with Crippen LogP contribution in [-0.2, 0) is 14.3 Å². The molecule has 1 spiro atoms. The molecule has 4 rings (SSSR count). The number of hydrogen-bond donors (Lipinski definition) is 5. The van der Waals surface area contributed by atoms with E-state index < -0.39 is 59.8 Å². The first kappa shape index (κ1) is 20.4.